The van der Waals surface area contributed by atoms with Gasteiger partial charge in [0.15, 0.2) is 0 Å². The van der Waals surface area contributed by atoms with Crippen LogP contribution >= 0.6 is 0 Å². The summed E-state index contributed by atoms with van der Waals surface area (Å²) < 4.78 is 7.08. The summed E-state index contributed by atoms with van der Waals surface area (Å²) in [6.45, 7) is 8.18. The highest BCUT2D eigenvalue weighted by atomic mass is 16.5. The first-order valence-electron chi connectivity index (χ1n) is 8.94. The normalized spacial score (nSPS) is 16.4. The third-order valence-corrected chi connectivity index (χ3v) is 4.21. The van der Waals surface area contributed by atoms with E-state index in [1.165, 1.54) is 0 Å². The molecule has 1 aromatic carbocycles. The summed E-state index contributed by atoms with van der Waals surface area (Å²) in [4.78, 5) is 29.0. The van der Waals surface area contributed by atoms with E-state index in [0.717, 1.165) is 17.5 Å². The molecule has 1 aliphatic carbocycles. The number of nitrogens with zero attached hydrogens (tertiary/aromatic N) is 2. The molecule has 0 saturated heterocycles. The first-order valence-corrected chi connectivity index (χ1v) is 8.94. The molecule has 1 unspecified atom stereocenters. The van der Waals surface area contributed by atoms with Crippen molar-refractivity contribution >= 4 is 28.9 Å². The summed E-state index contributed by atoms with van der Waals surface area (Å²) in [5.74, 6) is 0.0946. The van der Waals surface area contributed by atoms with Crippen molar-refractivity contribution in [2.45, 2.75) is 46.6 Å². The maximum atomic E-state index is 12.4. The number of anilines is 1. The lowest BCUT2D eigenvalue weighted by Gasteiger charge is -2.23. The second-order valence-electron chi connectivity index (χ2n) is 7.75. The molecule has 1 heterocycles. The predicted octanol–water partition coefficient (Wildman–Crippen LogP) is 4.09. The highest BCUT2D eigenvalue weighted by Crippen LogP contribution is 2.33. The van der Waals surface area contributed by atoms with Gasteiger partial charge in [-0.25, -0.2) is 9.78 Å². The highest BCUT2D eigenvalue weighted by molar-refractivity contribution is 5.96. The number of amides is 1. The summed E-state index contributed by atoms with van der Waals surface area (Å²) in [7, 11) is 0. The lowest BCUT2D eigenvalue weighted by atomic mass is 9.92. The third-order valence-electron chi connectivity index (χ3n) is 4.21. The monoisotopic (exact) mass is 355 g/mol. The summed E-state index contributed by atoms with van der Waals surface area (Å²) in [5, 5.41) is 2.94. The van der Waals surface area contributed by atoms with Gasteiger partial charge in [0.05, 0.1) is 29.2 Å². The maximum absolute atomic E-state index is 12.4. The molecule has 0 saturated carbocycles. The Hall–Kier alpha value is -2.63. The Morgan fingerprint density at radius 3 is 2.65 bits per heavy atom. The van der Waals surface area contributed by atoms with Gasteiger partial charge in [-0.1, -0.05) is 32.9 Å². The molecule has 26 heavy (non-hydrogen) atoms. The maximum Gasteiger partial charge on any atom is 0.338 e. The van der Waals surface area contributed by atoms with Crippen molar-refractivity contribution in [1.82, 2.24) is 9.55 Å². The molecule has 1 amide bonds. The molecule has 138 valence electrons. The smallest absolute Gasteiger partial charge is 0.338 e. The molecule has 1 atom stereocenters. The lowest BCUT2D eigenvalue weighted by Crippen LogP contribution is -2.23. The number of benzene rings is 1. The van der Waals surface area contributed by atoms with E-state index in [1.54, 1.807) is 25.1 Å². The van der Waals surface area contributed by atoms with Gasteiger partial charge in [-0.15, -0.1) is 0 Å². The van der Waals surface area contributed by atoms with E-state index >= 15 is 0 Å². The molecular weight excluding hydrogens is 330 g/mol. The lowest BCUT2D eigenvalue weighted by molar-refractivity contribution is -0.117. The van der Waals surface area contributed by atoms with Crippen LogP contribution in [0.1, 0.15) is 56.9 Å². The minimum Gasteiger partial charge on any atom is -0.462 e. The average molecular weight is 355 g/mol. The van der Waals surface area contributed by atoms with Gasteiger partial charge in [-0.3, -0.25) is 10.1 Å². The van der Waals surface area contributed by atoms with Crippen LogP contribution in [0.15, 0.2) is 30.4 Å². The largest absolute Gasteiger partial charge is 0.462 e. The Labute approximate surface area is 153 Å². The second-order valence-corrected chi connectivity index (χ2v) is 7.75. The molecule has 2 aromatic rings. The summed E-state index contributed by atoms with van der Waals surface area (Å²) in [6, 6.07) is 5.41. The van der Waals surface area contributed by atoms with Crippen LogP contribution in [0.5, 0.6) is 0 Å². The van der Waals surface area contributed by atoms with E-state index in [2.05, 4.69) is 22.5 Å². The van der Waals surface area contributed by atoms with Crippen molar-refractivity contribution < 1.29 is 14.3 Å². The van der Waals surface area contributed by atoms with Gasteiger partial charge in [-0.05, 0) is 37.0 Å². The van der Waals surface area contributed by atoms with E-state index in [0.29, 0.717) is 24.5 Å². The fraction of sp³-hybridized carbons (Fsp3) is 0.450. The summed E-state index contributed by atoms with van der Waals surface area (Å²) in [6.07, 6.45) is 5.42. The van der Waals surface area contributed by atoms with E-state index < -0.39 is 0 Å². The SMILES string of the molecule is CCOC(=O)c1ccc2nc(NC(=O)CC(C)(C)C)n(C3C=CC3)c2c1. The summed E-state index contributed by atoms with van der Waals surface area (Å²) in [5.41, 5.74) is 1.94. The number of esters is 1. The number of ether oxygens (including phenoxy) is 1. The molecule has 0 aliphatic heterocycles. The number of nitrogens with one attached hydrogen (secondary N) is 1. The fourth-order valence-corrected chi connectivity index (χ4v) is 2.96. The minimum atomic E-state index is -0.357. The molecule has 1 N–H and O–H groups in total. The number of hydrogen-bond acceptors (Lipinski definition) is 4. The van der Waals surface area contributed by atoms with Crippen LogP contribution in [0.4, 0.5) is 5.95 Å². The van der Waals surface area contributed by atoms with E-state index in [4.69, 9.17) is 4.74 Å². The molecule has 3 rings (SSSR count). The molecule has 0 spiro atoms. The van der Waals surface area contributed by atoms with Crippen molar-refractivity contribution in [2.24, 2.45) is 5.41 Å². The third kappa shape index (κ3) is 3.79. The topological polar surface area (TPSA) is 73.2 Å². The van der Waals surface area contributed by atoms with Gasteiger partial charge in [0, 0.05) is 6.42 Å². The van der Waals surface area contributed by atoms with E-state index in [-0.39, 0.29) is 23.3 Å². The zero-order valence-electron chi connectivity index (χ0n) is 15.7. The molecule has 0 fully saturated rings. The zero-order valence-corrected chi connectivity index (χ0v) is 15.7. The quantitative estimate of drug-likeness (QED) is 0.648. The van der Waals surface area contributed by atoms with Crippen molar-refractivity contribution in [3.63, 3.8) is 0 Å². The van der Waals surface area contributed by atoms with E-state index in [9.17, 15) is 9.59 Å². The molecule has 6 nitrogen and oxygen atoms in total. The zero-order chi connectivity index (χ0) is 18.9. The number of imidazole rings is 1. The average Bonchev–Trinajstić information content (AvgIpc) is 2.81. The number of aromatic nitrogens is 2. The highest BCUT2D eigenvalue weighted by Gasteiger charge is 2.24. The van der Waals surface area contributed by atoms with Crippen LogP contribution in [0.3, 0.4) is 0 Å². The first-order chi connectivity index (χ1) is 12.3. The standard InChI is InChI=1S/C20H25N3O3/c1-5-26-18(25)13-9-10-15-16(11-13)23(14-7-6-8-14)19(21-15)22-17(24)12-20(2,3)4/h6-7,9-11,14H,5,8,12H2,1-4H3,(H,21,22,24). The molecule has 0 radical (unpaired) electrons. The Morgan fingerprint density at radius 1 is 1.35 bits per heavy atom. The molecule has 0 bridgehead atoms. The van der Waals surface area contributed by atoms with Crippen LogP contribution in [-0.2, 0) is 9.53 Å². The van der Waals surface area contributed by atoms with Crippen LogP contribution in [-0.4, -0.2) is 28.0 Å². The van der Waals surface area contributed by atoms with Gasteiger partial charge in [-0.2, -0.15) is 0 Å². The van der Waals surface area contributed by atoms with Gasteiger partial charge >= 0.3 is 5.97 Å². The Bertz CT molecular complexity index is 874. The van der Waals surface area contributed by atoms with Crippen LogP contribution in [0.25, 0.3) is 11.0 Å². The predicted molar refractivity (Wildman–Crippen MR) is 101 cm³/mol. The van der Waals surface area contributed by atoms with E-state index in [1.807, 2.05) is 25.3 Å². The van der Waals surface area contributed by atoms with Crippen LogP contribution in [0.2, 0.25) is 0 Å². The van der Waals surface area contributed by atoms with Gasteiger partial charge in [0.25, 0.3) is 0 Å². The Kier molecular flexibility index (Phi) is 4.85. The van der Waals surface area contributed by atoms with Crippen LogP contribution < -0.4 is 5.32 Å². The first kappa shape index (κ1) is 18.2. The van der Waals surface area contributed by atoms with Crippen molar-refractivity contribution in [3.05, 3.63) is 35.9 Å². The number of carbonyl (C=O) groups is 2. The fourth-order valence-electron chi connectivity index (χ4n) is 2.96. The number of hydrogen-bond donors (Lipinski definition) is 1. The van der Waals surface area contributed by atoms with Crippen molar-refractivity contribution in [1.29, 1.82) is 0 Å². The van der Waals surface area contributed by atoms with Gasteiger partial charge in [0.2, 0.25) is 11.9 Å². The van der Waals surface area contributed by atoms with Crippen LogP contribution in [0, 0.1) is 5.41 Å². The molecule has 6 heteroatoms. The number of rotatable bonds is 5. The summed E-state index contributed by atoms with van der Waals surface area (Å²) >= 11 is 0. The Morgan fingerprint density at radius 2 is 2.08 bits per heavy atom. The molecule has 1 aliphatic rings. The number of carbonyl (C=O) groups excluding carboxylic acids is 2. The van der Waals surface area contributed by atoms with Gasteiger partial charge < -0.3 is 9.30 Å². The van der Waals surface area contributed by atoms with Crippen molar-refractivity contribution in [2.75, 3.05) is 11.9 Å². The molecular formula is C20H25N3O3. The minimum absolute atomic E-state index is 0.0667. The number of fused-ring (bicyclic) bond motifs is 1. The molecule has 1 aromatic heterocycles. The Balaban J connectivity index is 1.99. The second kappa shape index (κ2) is 6.94. The van der Waals surface area contributed by atoms with Crippen molar-refractivity contribution in [3.8, 4) is 0 Å². The van der Waals surface area contributed by atoms with Gasteiger partial charge in [0.1, 0.15) is 0 Å². The number of allylic oxidation sites excluding steroid dienone is 2.